The van der Waals surface area contributed by atoms with E-state index in [0.717, 1.165) is 22.4 Å². The van der Waals surface area contributed by atoms with Gasteiger partial charge in [0.25, 0.3) is 0 Å². The van der Waals surface area contributed by atoms with Crippen molar-refractivity contribution in [1.29, 1.82) is 0 Å². The molecular formula is C30H32FN3O5. The average molecular weight is 534 g/mol. The summed E-state index contributed by atoms with van der Waals surface area (Å²) in [5.74, 6) is -0.444. The van der Waals surface area contributed by atoms with Crippen molar-refractivity contribution in [2.24, 2.45) is 5.92 Å². The zero-order valence-corrected chi connectivity index (χ0v) is 22.2. The van der Waals surface area contributed by atoms with Gasteiger partial charge in [0.2, 0.25) is 0 Å². The van der Waals surface area contributed by atoms with Gasteiger partial charge in [-0.25, -0.2) is 18.9 Å². The van der Waals surface area contributed by atoms with Gasteiger partial charge in [-0.15, -0.1) is 0 Å². The van der Waals surface area contributed by atoms with Crippen molar-refractivity contribution in [2.75, 3.05) is 31.0 Å². The molecule has 1 saturated heterocycles. The second kappa shape index (κ2) is 12.5. The highest BCUT2D eigenvalue weighted by atomic mass is 19.1. The number of methoxy groups -OCH3 is 1. The lowest BCUT2D eigenvalue weighted by molar-refractivity contribution is -0.121. The SMILES string of the molecule is COC(=O)c1ccc(OCN2C[C@@H](C(=O)Cc3ccc(NC(=O)Nc4ccccc4C)c(C)c3)C[C@@H]2F)cc1. The zero-order chi connectivity index (χ0) is 27.9. The van der Waals surface area contributed by atoms with Gasteiger partial charge >= 0.3 is 12.0 Å². The number of aryl methyl sites for hydroxylation is 2. The van der Waals surface area contributed by atoms with Gasteiger partial charge in [-0.2, -0.15) is 0 Å². The Morgan fingerprint density at radius 2 is 1.64 bits per heavy atom. The zero-order valence-electron chi connectivity index (χ0n) is 22.2. The number of Topliss-reactive ketones (excluding diaryl/α,β-unsaturated/α-hetero) is 1. The topological polar surface area (TPSA) is 97.0 Å². The molecule has 9 heteroatoms. The molecule has 0 unspecified atom stereocenters. The van der Waals surface area contributed by atoms with Crippen LogP contribution in [-0.4, -0.2) is 49.4 Å². The number of ether oxygens (including phenoxy) is 2. The minimum absolute atomic E-state index is 0.00738. The van der Waals surface area contributed by atoms with E-state index in [1.54, 1.807) is 36.4 Å². The number of likely N-dealkylation sites (tertiary alicyclic amines) is 1. The third kappa shape index (κ3) is 7.20. The summed E-state index contributed by atoms with van der Waals surface area (Å²) in [5, 5.41) is 5.68. The van der Waals surface area contributed by atoms with Crippen LogP contribution in [0.3, 0.4) is 0 Å². The average Bonchev–Trinajstić information content (AvgIpc) is 3.30. The van der Waals surface area contributed by atoms with Crippen molar-refractivity contribution in [2.45, 2.75) is 33.0 Å². The van der Waals surface area contributed by atoms with Crippen molar-refractivity contribution in [3.8, 4) is 5.75 Å². The number of esters is 1. The summed E-state index contributed by atoms with van der Waals surface area (Å²) >= 11 is 0. The molecule has 3 aromatic carbocycles. The molecule has 0 saturated carbocycles. The van der Waals surface area contributed by atoms with Gasteiger partial charge in [-0.05, 0) is 66.9 Å². The maximum absolute atomic E-state index is 14.7. The van der Waals surface area contributed by atoms with Gasteiger partial charge in [0.1, 0.15) is 18.3 Å². The maximum atomic E-state index is 14.7. The Balaban J connectivity index is 1.27. The highest BCUT2D eigenvalue weighted by Gasteiger charge is 2.36. The molecule has 0 aromatic heterocycles. The molecule has 1 heterocycles. The third-order valence-corrected chi connectivity index (χ3v) is 6.77. The summed E-state index contributed by atoms with van der Waals surface area (Å²) in [6.45, 7) is 4.03. The smallest absolute Gasteiger partial charge is 0.337 e. The van der Waals surface area contributed by atoms with Crippen LogP contribution in [0.1, 0.15) is 33.5 Å². The van der Waals surface area contributed by atoms with Crippen LogP contribution in [0.4, 0.5) is 20.6 Å². The number of rotatable bonds is 9. The number of hydrogen-bond donors (Lipinski definition) is 2. The molecule has 2 N–H and O–H groups in total. The number of halogens is 1. The van der Waals surface area contributed by atoms with Gasteiger partial charge in [-0.3, -0.25) is 4.79 Å². The number of nitrogens with one attached hydrogen (secondary N) is 2. The standard InChI is InChI=1S/C30H32FN3O5/c1-19-6-4-5-7-25(19)32-30(37)33-26-13-8-21(14-20(26)2)15-27(35)23-16-28(31)34(17-23)18-39-24-11-9-22(10-12-24)29(36)38-3/h4-14,23,28H,15-18H2,1-3H3,(H2,32,33,37)/t23-,28+/m0/s1. The van der Waals surface area contributed by atoms with Crippen molar-refractivity contribution >= 4 is 29.2 Å². The minimum atomic E-state index is -1.28. The lowest BCUT2D eigenvalue weighted by Crippen LogP contribution is -2.31. The molecular weight excluding hydrogens is 501 g/mol. The van der Waals surface area contributed by atoms with E-state index in [4.69, 9.17) is 4.74 Å². The Kier molecular flexibility index (Phi) is 8.93. The van der Waals surface area contributed by atoms with E-state index in [1.807, 2.05) is 44.2 Å². The summed E-state index contributed by atoms with van der Waals surface area (Å²) in [6.07, 6.45) is -0.993. The first kappa shape index (κ1) is 27.8. The molecule has 8 nitrogen and oxygen atoms in total. The van der Waals surface area contributed by atoms with Crippen molar-refractivity contribution in [3.05, 3.63) is 89.0 Å². The Labute approximate surface area is 227 Å². The summed E-state index contributed by atoms with van der Waals surface area (Å²) < 4.78 is 25.0. The fraction of sp³-hybridized carbons (Fsp3) is 0.300. The Bertz CT molecular complexity index is 1340. The predicted octanol–water partition coefficient (Wildman–Crippen LogP) is 5.50. The number of ketones is 1. The van der Waals surface area contributed by atoms with Crippen molar-refractivity contribution < 1.29 is 28.2 Å². The van der Waals surface area contributed by atoms with Gasteiger partial charge in [0, 0.05) is 36.7 Å². The third-order valence-electron chi connectivity index (χ3n) is 6.77. The fourth-order valence-electron chi connectivity index (χ4n) is 4.50. The lowest BCUT2D eigenvalue weighted by atomic mass is 9.96. The Morgan fingerprint density at radius 3 is 2.31 bits per heavy atom. The van der Waals surface area contributed by atoms with E-state index in [2.05, 4.69) is 15.4 Å². The second-order valence-electron chi connectivity index (χ2n) is 9.61. The minimum Gasteiger partial charge on any atom is -0.478 e. The first-order valence-corrected chi connectivity index (χ1v) is 12.7. The number of anilines is 2. The van der Waals surface area contributed by atoms with Crippen molar-refractivity contribution in [1.82, 2.24) is 4.90 Å². The summed E-state index contributed by atoms with van der Waals surface area (Å²) in [4.78, 5) is 38.4. The second-order valence-corrected chi connectivity index (χ2v) is 9.61. The molecule has 1 fully saturated rings. The highest BCUT2D eigenvalue weighted by Crippen LogP contribution is 2.27. The molecule has 2 atom stereocenters. The number of carbonyl (C=O) groups excluding carboxylic acids is 3. The quantitative estimate of drug-likeness (QED) is 0.279. The molecule has 1 aliphatic rings. The van der Waals surface area contributed by atoms with Crippen LogP contribution >= 0.6 is 0 Å². The summed E-state index contributed by atoms with van der Waals surface area (Å²) in [5.41, 5.74) is 4.35. The predicted molar refractivity (Wildman–Crippen MR) is 147 cm³/mol. The Hall–Kier alpha value is -4.24. The number of carbonyl (C=O) groups is 3. The number of urea groups is 1. The normalized spacial score (nSPS) is 16.9. The van der Waals surface area contributed by atoms with E-state index < -0.39 is 18.2 Å². The maximum Gasteiger partial charge on any atom is 0.337 e. The lowest BCUT2D eigenvalue weighted by Gasteiger charge is -2.19. The van der Waals surface area contributed by atoms with Crippen LogP contribution in [-0.2, 0) is 16.0 Å². The van der Waals surface area contributed by atoms with Gasteiger partial charge in [0.05, 0.1) is 12.7 Å². The monoisotopic (exact) mass is 533 g/mol. The van der Waals surface area contributed by atoms with Crippen LogP contribution in [0.2, 0.25) is 0 Å². The number of benzene rings is 3. The molecule has 0 spiro atoms. The molecule has 0 aliphatic carbocycles. The number of alkyl halides is 1. The first-order chi connectivity index (χ1) is 18.7. The largest absolute Gasteiger partial charge is 0.478 e. The van der Waals surface area contributed by atoms with Gasteiger partial charge in [-0.1, -0.05) is 30.3 Å². The van der Waals surface area contributed by atoms with Gasteiger partial charge < -0.3 is 20.1 Å². The number of hydrogen-bond acceptors (Lipinski definition) is 6. The van der Waals surface area contributed by atoms with Crippen LogP contribution in [0.5, 0.6) is 5.75 Å². The number of nitrogens with zero attached hydrogens (tertiary/aromatic N) is 1. The van der Waals surface area contributed by atoms with Gasteiger partial charge in [0.15, 0.2) is 6.30 Å². The summed E-state index contributed by atoms with van der Waals surface area (Å²) in [6, 6.07) is 19.0. The van der Waals surface area contributed by atoms with Crippen molar-refractivity contribution in [3.63, 3.8) is 0 Å². The molecule has 4 rings (SSSR count). The van der Waals surface area contributed by atoms with Crippen LogP contribution in [0, 0.1) is 19.8 Å². The van der Waals surface area contributed by atoms with Crippen LogP contribution in [0.15, 0.2) is 66.7 Å². The highest BCUT2D eigenvalue weighted by molar-refractivity contribution is 6.00. The van der Waals surface area contributed by atoms with E-state index in [-0.39, 0.29) is 37.9 Å². The molecule has 204 valence electrons. The first-order valence-electron chi connectivity index (χ1n) is 12.7. The molecule has 1 aliphatic heterocycles. The molecule has 0 bridgehead atoms. The van der Waals surface area contributed by atoms with Crippen LogP contribution < -0.4 is 15.4 Å². The molecule has 39 heavy (non-hydrogen) atoms. The summed E-state index contributed by atoms with van der Waals surface area (Å²) in [7, 11) is 1.31. The molecule has 2 amide bonds. The van der Waals surface area contributed by atoms with E-state index in [0.29, 0.717) is 17.0 Å². The Morgan fingerprint density at radius 1 is 0.949 bits per heavy atom. The van der Waals surface area contributed by atoms with E-state index >= 15 is 0 Å². The molecule has 0 radical (unpaired) electrons. The fourth-order valence-corrected chi connectivity index (χ4v) is 4.50. The van der Waals surface area contributed by atoms with Crippen LogP contribution in [0.25, 0.3) is 0 Å². The number of para-hydroxylation sites is 1. The molecule has 3 aromatic rings. The number of amides is 2. The van der Waals surface area contributed by atoms with E-state index in [1.165, 1.54) is 12.0 Å². The van der Waals surface area contributed by atoms with E-state index in [9.17, 15) is 18.8 Å².